The summed E-state index contributed by atoms with van der Waals surface area (Å²) in [5.74, 6) is 1.03. The minimum Gasteiger partial charge on any atom is -0.490 e. The van der Waals surface area contributed by atoms with Crippen LogP contribution in [0.15, 0.2) is 25.5 Å². The third-order valence-electron chi connectivity index (χ3n) is 3.75. The van der Waals surface area contributed by atoms with Crippen molar-refractivity contribution >= 4 is 60.5 Å². The molecular weight excluding hydrogens is 538 g/mol. The summed E-state index contributed by atoms with van der Waals surface area (Å²) < 4.78 is 18.2. The summed E-state index contributed by atoms with van der Waals surface area (Å²) >= 11 is 8.55. The topological polar surface area (TPSA) is 82.0 Å². The molecule has 0 aliphatic rings. The summed E-state index contributed by atoms with van der Waals surface area (Å²) in [6.07, 6.45) is 3.83. The molecule has 10 heteroatoms. The summed E-state index contributed by atoms with van der Waals surface area (Å²) in [5.41, 5.74) is 4.34. The number of thiazole rings is 1. The lowest BCUT2D eigenvalue weighted by Crippen LogP contribution is -2.07. The Hall–Kier alpha value is -1.65. The monoisotopic (exact) mass is 561 g/mol. The Morgan fingerprint density at radius 1 is 1.23 bits per heavy atom. The van der Waals surface area contributed by atoms with Gasteiger partial charge in [-0.15, -0.1) is 11.3 Å². The molecule has 0 radical (unpaired) electrons. The van der Waals surface area contributed by atoms with Gasteiger partial charge >= 0.3 is 5.97 Å². The van der Waals surface area contributed by atoms with Crippen LogP contribution in [0.1, 0.15) is 44.9 Å². The van der Waals surface area contributed by atoms with E-state index in [1.807, 2.05) is 13.0 Å². The Bertz CT molecular complexity index is 874. The molecule has 1 N–H and O–H groups in total. The number of hydrazone groups is 1. The van der Waals surface area contributed by atoms with Crippen molar-refractivity contribution in [3.05, 3.63) is 31.6 Å². The van der Waals surface area contributed by atoms with Crippen molar-refractivity contribution in [2.24, 2.45) is 5.10 Å². The highest BCUT2D eigenvalue weighted by Crippen LogP contribution is 2.42. The smallest absolute Gasteiger partial charge is 0.311 e. The van der Waals surface area contributed by atoms with Gasteiger partial charge in [-0.05, 0) is 58.2 Å². The molecule has 0 saturated carbocycles. The third kappa shape index (κ3) is 7.24. The third-order valence-corrected chi connectivity index (χ3v) is 6.69. The van der Waals surface area contributed by atoms with Crippen LogP contribution in [-0.4, -0.2) is 37.0 Å². The lowest BCUT2D eigenvalue weighted by atomic mass is 10.2. The maximum absolute atomic E-state index is 11.5. The Balaban J connectivity index is 2.11. The molecule has 2 aromatic rings. The standard InChI is InChI=1S/C20H25Br2N3O4S/c1-4-7-8-29-19-15(27-5-2)9-13(17(21)18(19)22)11-23-25-20-24-14(12-30-20)10-16(26)28-6-3/h9,11-12H,4-8,10H2,1-3H3,(H,24,25). The zero-order valence-electron chi connectivity index (χ0n) is 17.2. The fraction of sp³-hybridized carbons (Fsp3) is 0.450. The van der Waals surface area contributed by atoms with Gasteiger partial charge in [0.25, 0.3) is 0 Å². The van der Waals surface area contributed by atoms with E-state index in [0.29, 0.717) is 42.1 Å². The lowest BCUT2D eigenvalue weighted by molar-refractivity contribution is -0.142. The molecule has 164 valence electrons. The average Bonchev–Trinajstić information content (AvgIpc) is 3.15. The van der Waals surface area contributed by atoms with Gasteiger partial charge in [0.05, 0.1) is 42.6 Å². The van der Waals surface area contributed by atoms with E-state index in [9.17, 15) is 4.79 Å². The van der Waals surface area contributed by atoms with Gasteiger partial charge in [-0.3, -0.25) is 10.2 Å². The van der Waals surface area contributed by atoms with Gasteiger partial charge in [0.15, 0.2) is 11.5 Å². The van der Waals surface area contributed by atoms with E-state index >= 15 is 0 Å². The second-order valence-corrected chi connectivity index (χ2v) is 8.50. The number of hydrogen-bond acceptors (Lipinski definition) is 8. The Morgan fingerprint density at radius 2 is 2.03 bits per heavy atom. The predicted molar refractivity (Wildman–Crippen MR) is 127 cm³/mol. The van der Waals surface area contributed by atoms with E-state index in [1.165, 1.54) is 11.3 Å². The molecular formula is C20H25Br2N3O4S. The van der Waals surface area contributed by atoms with Gasteiger partial charge in [0.2, 0.25) is 5.13 Å². The van der Waals surface area contributed by atoms with Crippen LogP contribution in [0, 0.1) is 0 Å². The van der Waals surface area contributed by atoms with Crippen molar-refractivity contribution in [1.82, 2.24) is 4.98 Å². The van der Waals surface area contributed by atoms with Crippen molar-refractivity contribution in [1.29, 1.82) is 0 Å². The number of carbonyl (C=O) groups is 1. The fourth-order valence-electron chi connectivity index (χ4n) is 2.37. The number of carbonyl (C=O) groups excluding carboxylic acids is 1. The number of esters is 1. The zero-order chi connectivity index (χ0) is 21.9. The molecule has 0 bridgehead atoms. The van der Waals surface area contributed by atoms with Crippen LogP contribution < -0.4 is 14.9 Å². The van der Waals surface area contributed by atoms with E-state index in [-0.39, 0.29) is 12.4 Å². The van der Waals surface area contributed by atoms with Gasteiger partial charge in [0.1, 0.15) is 0 Å². The quantitative estimate of drug-likeness (QED) is 0.152. The van der Waals surface area contributed by atoms with Crippen molar-refractivity contribution in [2.45, 2.75) is 40.0 Å². The highest BCUT2D eigenvalue weighted by atomic mass is 79.9. The van der Waals surface area contributed by atoms with Crippen LogP contribution in [0.5, 0.6) is 11.5 Å². The van der Waals surface area contributed by atoms with Crippen LogP contribution >= 0.6 is 43.2 Å². The summed E-state index contributed by atoms with van der Waals surface area (Å²) in [4.78, 5) is 15.9. The molecule has 0 aliphatic heterocycles. The Labute approximate surface area is 197 Å². The molecule has 0 aliphatic carbocycles. The van der Waals surface area contributed by atoms with Gasteiger partial charge in [-0.2, -0.15) is 5.10 Å². The lowest BCUT2D eigenvalue weighted by Gasteiger charge is -2.16. The van der Waals surface area contributed by atoms with Gasteiger partial charge < -0.3 is 14.2 Å². The van der Waals surface area contributed by atoms with E-state index in [1.54, 1.807) is 18.5 Å². The van der Waals surface area contributed by atoms with Crippen molar-refractivity contribution < 1.29 is 19.0 Å². The number of unbranched alkanes of at least 4 members (excludes halogenated alkanes) is 1. The Kier molecular flexibility index (Phi) is 10.6. The van der Waals surface area contributed by atoms with Crippen LogP contribution in [-0.2, 0) is 16.0 Å². The first-order chi connectivity index (χ1) is 14.5. The summed E-state index contributed by atoms with van der Waals surface area (Å²) in [7, 11) is 0. The van der Waals surface area contributed by atoms with Crippen molar-refractivity contribution in [3.63, 3.8) is 0 Å². The number of nitrogens with one attached hydrogen (secondary N) is 1. The minimum absolute atomic E-state index is 0.144. The number of hydrogen-bond donors (Lipinski definition) is 1. The summed E-state index contributed by atoms with van der Waals surface area (Å²) in [6, 6.07) is 1.87. The maximum Gasteiger partial charge on any atom is 0.311 e. The number of rotatable bonds is 12. The number of ether oxygens (including phenoxy) is 3. The van der Waals surface area contributed by atoms with E-state index in [2.05, 4.69) is 54.3 Å². The van der Waals surface area contributed by atoms with Crippen LogP contribution in [0.25, 0.3) is 0 Å². The molecule has 0 spiro atoms. The van der Waals surface area contributed by atoms with Crippen LogP contribution in [0.4, 0.5) is 5.13 Å². The molecule has 7 nitrogen and oxygen atoms in total. The molecule has 30 heavy (non-hydrogen) atoms. The highest BCUT2D eigenvalue weighted by Gasteiger charge is 2.17. The van der Waals surface area contributed by atoms with Gasteiger partial charge in [-0.1, -0.05) is 13.3 Å². The average molecular weight is 563 g/mol. The summed E-state index contributed by atoms with van der Waals surface area (Å²) in [5, 5.41) is 6.65. The second-order valence-electron chi connectivity index (χ2n) is 6.05. The second kappa shape index (κ2) is 12.9. The maximum atomic E-state index is 11.5. The van der Waals surface area contributed by atoms with Crippen molar-refractivity contribution in [3.8, 4) is 11.5 Å². The van der Waals surface area contributed by atoms with Gasteiger partial charge in [-0.25, -0.2) is 4.98 Å². The first-order valence-corrected chi connectivity index (χ1v) is 12.1. The predicted octanol–water partition coefficient (Wildman–Crippen LogP) is 5.80. The summed E-state index contributed by atoms with van der Waals surface area (Å²) in [6.45, 7) is 7.32. The van der Waals surface area contributed by atoms with Crippen LogP contribution in [0.3, 0.4) is 0 Å². The minimum atomic E-state index is -0.295. The highest BCUT2D eigenvalue weighted by molar-refractivity contribution is 9.13. The number of aromatic nitrogens is 1. The van der Waals surface area contributed by atoms with Crippen molar-refractivity contribution in [2.75, 3.05) is 25.2 Å². The first-order valence-electron chi connectivity index (χ1n) is 9.66. The molecule has 0 unspecified atom stereocenters. The molecule has 1 aromatic carbocycles. The fourth-order valence-corrected chi connectivity index (χ4v) is 3.97. The SMILES string of the molecule is CCCCOc1c(OCC)cc(C=NNc2nc(CC(=O)OCC)cs2)c(Br)c1Br. The molecule has 1 heterocycles. The number of anilines is 1. The van der Waals surface area contributed by atoms with E-state index in [0.717, 1.165) is 27.4 Å². The number of benzene rings is 1. The largest absolute Gasteiger partial charge is 0.490 e. The zero-order valence-corrected chi connectivity index (χ0v) is 21.2. The number of halogens is 2. The molecule has 0 saturated heterocycles. The van der Waals surface area contributed by atoms with Crippen LogP contribution in [0.2, 0.25) is 0 Å². The van der Waals surface area contributed by atoms with E-state index in [4.69, 9.17) is 14.2 Å². The Morgan fingerprint density at radius 3 is 2.73 bits per heavy atom. The normalized spacial score (nSPS) is 11.0. The molecule has 2 rings (SSSR count). The van der Waals surface area contributed by atoms with Gasteiger partial charge in [0, 0.05) is 15.4 Å². The first kappa shape index (κ1) is 24.6. The molecule has 0 atom stereocenters. The number of nitrogens with zero attached hydrogens (tertiary/aromatic N) is 2. The van der Waals surface area contributed by atoms with E-state index < -0.39 is 0 Å². The molecule has 0 fully saturated rings. The molecule has 1 aromatic heterocycles. The molecule has 0 amide bonds.